The molecule has 20 heavy (non-hydrogen) atoms. The summed E-state index contributed by atoms with van der Waals surface area (Å²) in [4.78, 5) is 0. The normalized spacial score (nSPS) is 24.0. The van der Waals surface area contributed by atoms with Gasteiger partial charge in [-0.05, 0) is 30.9 Å². The van der Waals surface area contributed by atoms with Gasteiger partial charge >= 0.3 is 0 Å². The molecule has 0 radical (unpaired) electrons. The molecule has 0 aromatic heterocycles. The Kier molecular flexibility index (Phi) is 4.34. The number of ether oxygens (including phenoxy) is 3. The van der Waals surface area contributed by atoms with Crippen LogP contribution in [0.3, 0.4) is 0 Å². The lowest BCUT2D eigenvalue weighted by Crippen LogP contribution is -2.32. The quantitative estimate of drug-likeness (QED) is 0.911. The maximum atomic E-state index is 6.36. The smallest absolute Gasteiger partial charge is 0.162 e. The Morgan fingerprint density at radius 2 is 1.80 bits per heavy atom. The molecule has 5 heteroatoms. The molecule has 1 aromatic carbocycles. The average molecular weight is 298 g/mol. The SMILES string of the molecule is NC(c1cc2c(cc1Cl)OCCCO2)C1CCCCO1. The maximum absolute atomic E-state index is 6.36. The van der Waals surface area contributed by atoms with Gasteiger partial charge in [-0.3, -0.25) is 0 Å². The number of benzene rings is 1. The highest BCUT2D eigenvalue weighted by Crippen LogP contribution is 2.38. The zero-order valence-electron chi connectivity index (χ0n) is 11.4. The number of nitrogens with two attached hydrogens (primary N) is 1. The summed E-state index contributed by atoms with van der Waals surface area (Å²) in [6.07, 6.45) is 4.15. The minimum absolute atomic E-state index is 0.0333. The Balaban J connectivity index is 1.86. The Bertz CT molecular complexity index is 474. The van der Waals surface area contributed by atoms with Crippen molar-refractivity contribution in [1.29, 1.82) is 0 Å². The monoisotopic (exact) mass is 297 g/mol. The molecule has 2 heterocycles. The van der Waals surface area contributed by atoms with E-state index in [1.54, 1.807) is 6.07 Å². The lowest BCUT2D eigenvalue weighted by atomic mass is 9.96. The highest BCUT2D eigenvalue weighted by atomic mass is 35.5. The van der Waals surface area contributed by atoms with Gasteiger partial charge in [-0.2, -0.15) is 0 Å². The fourth-order valence-electron chi connectivity index (χ4n) is 2.70. The second-order valence-corrected chi connectivity index (χ2v) is 5.71. The van der Waals surface area contributed by atoms with Crippen LogP contribution in [0.25, 0.3) is 0 Å². The van der Waals surface area contributed by atoms with Crippen LogP contribution in [0.15, 0.2) is 12.1 Å². The summed E-state index contributed by atoms with van der Waals surface area (Å²) in [5.74, 6) is 1.43. The summed E-state index contributed by atoms with van der Waals surface area (Å²) in [5.41, 5.74) is 7.21. The molecule has 2 N–H and O–H groups in total. The fourth-order valence-corrected chi connectivity index (χ4v) is 2.98. The first-order chi connectivity index (χ1) is 9.75. The molecule has 0 amide bonds. The van der Waals surface area contributed by atoms with Gasteiger partial charge in [-0.15, -0.1) is 0 Å². The Labute approximate surface area is 124 Å². The van der Waals surface area contributed by atoms with Crippen LogP contribution in [0.5, 0.6) is 11.5 Å². The highest BCUT2D eigenvalue weighted by molar-refractivity contribution is 6.31. The molecule has 110 valence electrons. The third-order valence-electron chi connectivity index (χ3n) is 3.84. The summed E-state index contributed by atoms with van der Waals surface area (Å²) in [6, 6.07) is 3.49. The van der Waals surface area contributed by atoms with Gasteiger partial charge in [0.25, 0.3) is 0 Å². The van der Waals surface area contributed by atoms with E-state index >= 15 is 0 Å². The van der Waals surface area contributed by atoms with Crippen molar-refractivity contribution in [3.63, 3.8) is 0 Å². The largest absolute Gasteiger partial charge is 0.490 e. The predicted octanol–water partition coefficient (Wildman–Crippen LogP) is 3.07. The molecule has 0 aliphatic carbocycles. The molecule has 2 atom stereocenters. The van der Waals surface area contributed by atoms with Gasteiger partial charge in [-0.25, -0.2) is 0 Å². The number of rotatable bonds is 2. The van der Waals surface area contributed by atoms with Gasteiger partial charge in [0, 0.05) is 24.1 Å². The minimum Gasteiger partial charge on any atom is -0.490 e. The maximum Gasteiger partial charge on any atom is 0.162 e. The molecule has 0 spiro atoms. The zero-order chi connectivity index (χ0) is 13.9. The van der Waals surface area contributed by atoms with Gasteiger partial charge in [0.05, 0.1) is 25.4 Å². The van der Waals surface area contributed by atoms with Crippen LogP contribution in [0, 0.1) is 0 Å². The predicted molar refractivity (Wildman–Crippen MR) is 77.6 cm³/mol. The Morgan fingerprint density at radius 1 is 1.05 bits per heavy atom. The third kappa shape index (κ3) is 2.87. The van der Waals surface area contributed by atoms with Gasteiger partial charge in [0.2, 0.25) is 0 Å². The molecule has 0 saturated carbocycles. The van der Waals surface area contributed by atoms with Crippen molar-refractivity contribution < 1.29 is 14.2 Å². The van der Waals surface area contributed by atoms with E-state index in [9.17, 15) is 0 Å². The molecule has 2 unspecified atom stereocenters. The molecular weight excluding hydrogens is 278 g/mol. The van der Waals surface area contributed by atoms with Crippen LogP contribution in [0.1, 0.15) is 37.3 Å². The zero-order valence-corrected chi connectivity index (χ0v) is 12.2. The van der Waals surface area contributed by atoms with E-state index < -0.39 is 0 Å². The van der Waals surface area contributed by atoms with E-state index in [-0.39, 0.29) is 12.1 Å². The van der Waals surface area contributed by atoms with Gasteiger partial charge in [0.1, 0.15) is 0 Å². The molecule has 0 bridgehead atoms. The highest BCUT2D eigenvalue weighted by Gasteiger charge is 2.26. The summed E-state index contributed by atoms with van der Waals surface area (Å²) in [6.45, 7) is 2.09. The van der Waals surface area contributed by atoms with Gasteiger partial charge in [-0.1, -0.05) is 11.6 Å². The van der Waals surface area contributed by atoms with Crippen LogP contribution < -0.4 is 15.2 Å². The van der Waals surface area contributed by atoms with E-state index in [2.05, 4.69) is 0 Å². The second-order valence-electron chi connectivity index (χ2n) is 5.30. The number of hydrogen-bond acceptors (Lipinski definition) is 4. The summed E-state index contributed by atoms with van der Waals surface area (Å²) in [7, 11) is 0. The average Bonchev–Trinajstić information content (AvgIpc) is 2.71. The van der Waals surface area contributed by atoms with Crippen LogP contribution >= 0.6 is 11.6 Å². The van der Waals surface area contributed by atoms with Crippen LogP contribution in [0.2, 0.25) is 5.02 Å². The van der Waals surface area contributed by atoms with E-state index in [4.69, 9.17) is 31.5 Å². The number of halogens is 1. The van der Waals surface area contributed by atoms with Crippen molar-refractivity contribution in [3.8, 4) is 11.5 Å². The first kappa shape index (κ1) is 14.0. The van der Waals surface area contributed by atoms with Crippen molar-refractivity contribution in [2.75, 3.05) is 19.8 Å². The van der Waals surface area contributed by atoms with Crippen molar-refractivity contribution >= 4 is 11.6 Å². The lowest BCUT2D eigenvalue weighted by molar-refractivity contribution is -0.00000968. The molecule has 1 fully saturated rings. The Hall–Kier alpha value is -0.970. The minimum atomic E-state index is -0.222. The van der Waals surface area contributed by atoms with E-state index in [1.807, 2.05) is 6.07 Å². The van der Waals surface area contributed by atoms with Crippen LogP contribution in [0.4, 0.5) is 0 Å². The molecule has 1 saturated heterocycles. The van der Waals surface area contributed by atoms with Crippen molar-refractivity contribution in [3.05, 3.63) is 22.7 Å². The summed E-state index contributed by atoms with van der Waals surface area (Å²) >= 11 is 6.36. The van der Waals surface area contributed by atoms with Crippen LogP contribution in [-0.4, -0.2) is 25.9 Å². The molecular formula is C15H20ClNO3. The molecule has 3 rings (SSSR count). The fraction of sp³-hybridized carbons (Fsp3) is 0.600. The van der Waals surface area contributed by atoms with Gasteiger partial charge in [0.15, 0.2) is 11.5 Å². The van der Waals surface area contributed by atoms with Crippen molar-refractivity contribution in [1.82, 2.24) is 0 Å². The standard InChI is InChI=1S/C15H20ClNO3/c16-11-9-14-13(19-6-3-7-20-14)8-10(11)15(17)12-4-1-2-5-18-12/h8-9,12,15H,1-7,17H2. The summed E-state index contributed by atoms with van der Waals surface area (Å²) < 4.78 is 17.1. The second kappa shape index (κ2) is 6.20. The molecule has 2 aliphatic heterocycles. The first-order valence-corrected chi connectivity index (χ1v) is 7.60. The lowest BCUT2D eigenvalue weighted by Gasteiger charge is -2.29. The summed E-state index contributed by atoms with van der Waals surface area (Å²) in [5, 5.41) is 0.621. The van der Waals surface area contributed by atoms with Crippen molar-refractivity contribution in [2.45, 2.75) is 37.8 Å². The van der Waals surface area contributed by atoms with Crippen LogP contribution in [-0.2, 0) is 4.74 Å². The van der Waals surface area contributed by atoms with E-state index in [1.165, 1.54) is 0 Å². The molecule has 1 aromatic rings. The Morgan fingerprint density at radius 3 is 2.50 bits per heavy atom. The van der Waals surface area contributed by atoms with E-state index in [0.29, 0.717) is 24.0 Å². The van der Waals surface area contributed by atoms with Crippen molar-refractivity contribution in [2.24, 2.45) is 5.73 Å². The number of fused-ring (bicyclic) bond motifs is 1. The first-order valence-electron chi connectivity index (χ1n) is 7.22. The third-order valence-corrected chi connectivity index (χ3v) is 4.17. The number of hydrogen-bond donors (Lipinski definition) is 1. The topological polar surface area (TPSA) is 53.7 Å². The van der Waals surface area contributed by atoms with Gasteiger partial charge < -0.3 is 19.9 Å². The van der Waals surface area contributed by atoms with E-state index in [0.717, 1.165) is 43.6 Å². The molecule has 4 nitrogen and oxygen atoms in total. The molecule has 2 aliphatic rings.